The molecule has 0 bridgehead atoms. The van der Waals surface area contributed by atoms with E-state index in [1.807, 2.05) is 0 Å². The quantitative estimate of drug-likeness (QED) is 0.161. The molecular formula is C34H58O2. The Hall–Kier alpha value is -0.790. The second kappa shape index (κ2) is 11.9. The van der Waals surface area contributed by atoms with E-state index in [0.717, 1.165) is 61.2 Å². The number of allylic oxidation sites excluding steroid dienone is 1. The van der Waals surface area contributed by atoms with Gasteiger partial charge in [0.05, 0.1) is 0 Å². The molecule has 0 unspecified atom stereocenters. The summed E-state index contributed by atoms with van der Waals surface area (Å²) in [5, 5.41) is 0. The van der Waals surface area contributed by atoms with Gasteiger partial charge in [0.15, 0.2) is 0 Å². The van der Waals surface area contributed by atoms with Gasteiger partial charge in [0.1, 0.15) is 6.10 Å². The predicted molar refractivity (Wildman–Crippen MR) is 152 cm³/mol. The summed E-state index contributed by atoms with van der Waals surface area (Å²) in [6.45, 7) is 14.8. The molecule has 0 amide bonds. The van der Waals surface area contributed by atoms with Crippen LogP contribution < -0.4 is 0 Å². The van der Waals surface area contributed by atoms with Crippen molar-refractivity contribution < 1.29 is 9.53 Å². The fraction of sp³-hybridized carbons (Fsp3) is 0.912. The van der Waals surface area contributed by atoms with Crippen molar-refractivity contribution in [3.05, 3.63) is 11.6 Å². The van der Waals surface area contributed by atoms with Crippen molar-refractivity contribution in [2.24, 2.45) is 46.3 Å². The minimum atomic E-state index is 0.0435. The second-order valence-electron chi connectivity index (χ2n) is 14.5. The summed E-state index contributed by atoms with van der Waals surface area (Å²) in [6.07, 6.45) is 22.5. The van der Waals surface area contributed by atoms with Crippen LogP contribution in [0.5, 0.6) is 0 Å². The normalized spacial score (nSPS) is 38.6. The number of hydrogen-bond acceptors (Lipinski definition) is 2. The van der Waals surface area contributed by atoms with Gasteiger partial charge in [-0.25, -0.2) is 0 Å². The molecule has 4 aliphatic rings. The number of esters is 1. The highest BCUT2D eigenvalue weighted by atomic mass is 16.5. The van der Waals surface area contributed by atoms with Gasteiger partial charge < -0.3 is 4.74 Å². The van der Waals surface area contributed by atoms with E-state index in [2.05, 4.69) is 47.6 Å². The number of ether oxygens (including phenoxy) is 1. The van der Waals surface area contributed by atoms with Crippen molar-refractivity contribution in [2.45, 2.75) is 150 Å². The zero-order valence-corrected chi connectivity index (χ0v) is 24.7. The molecule has 0 aromatic heterocycles. The van der Waals surface area contributed by atoms with Crippen LogP contribution in [0.3, 0.4) is 0 Å². The number of unbranched alkanes of at least 4 members (excludes halogenated alkanes) is 3. The van der Waals surface area contributed by atoms with Gasteiger partial charge in [-0.05, 0) is 97.7 Å². The van der Waals surface area contributed by atoms with E-state index in [1.54, 1.807) is 5.57 Å². The number of hydrogen-bond donors (Lipinski definition) is 0. The van der Waals surface area contributed by atoms with Crippen molar-refractivity contribution in [2.75, 3.05) is 0 Å². The summed E-state index contributed by atoms with van der Waals surface area (Å²) >= 11 is 0. The first kappa shape index (κ1) is 28.2. The maximum atomic E-state index is 12.4. The van der Waals surface area contributed by atoms with Gasteiger partial charge in [0.2, 0.25) is 0 Å². The zero-order valence-electron chi connectivity index (χ0n) is 24.7. The monoisotopic (exact) mass is 498 g/mol. The molecule has 0 aromatic rings. The Morgan fingerprint density at radius 1 is 0.972 bits per heavy atom. The van der Waals surface area contributed by atoms with Crippen molar-refractivity contribution in [1.29, 1.82) is 0 Å². The zero-order chi connectivity index (χ0) is 25.9. The van der Waals surface area contributed by atoms with E-state index in [4.69, 9.17) is 4.74 Å². The Bertz CT molecular complexity index is 767. The van der Waals surface area contributed by atoms with E-state index in [1.165, 1.54) is 70.6 Å². The average molecular weight is 499 g/mol. The van der Waals surface area contributed by atoms with Gasteiger partial charge >= 0.3 is 5.97 Å². The van der Waals surface area contributed by atoms with Crippen LogP contribution in [-0.4, -0.2) is 12.1 Å². The minimum Gasteiger partial charge on any atom is -0.462 e. The summed E-state index contributed by atoms with van der Waals surface area (Å²) in [4.78, 5) is 12.4. The first-order valence-corrected chi connectivity index (χ1v) is 16.1. The fourth-order valence-corrected chi connectivity index (χ4v) is 9.69. The van der Waals surface area contributed by atoms with Gasteiger partial charge in [0.25, 0.3) is 0 Å². The van der Waals surface area contributed by atoms with Crippen LogP contribution in [0.4, 0.5) is 0 Å². The lowest BCUT2D eigenvalue weighted by Gasteiger charge is -2.58. The van der Waals surface area contributed by atoms with Crippen LogP contribution in [-0.2, 0) is 9.53 Å². The molecule has 2 heteroatoms. The Morgan fingerprint density at radius 3 is 2.53 bits per heavy atom. The summed E-state index contributed by atoms with van der Waals surface area (Å²) in [5.41, 5.74) is 2.54. The molecule has 4 rings (SSSR count). The number of rotatable bonds is 11. The maximum Gasteiger partial charge on any atom is 0.306 e. The first-order chi connectivity index (χ1) is 17.2. The predicted octanol–water partition coefficient (Wildman–Crippen LogP) is 9.91. The largest absolute Gasteiger partial charge is 0.462 e. The van der Waals surface area contributed by atoms with E-state index in [0.29, 0.717) is 17.3 Å². The molecule has 3 fully saturated rings. The third-order valence-electron chi connectivity index (χ3n) is 11.8. The molecule has 0 radical (unpaired) electrons. The Kier molecular flexibility index (Phi) is 9.36. The lowest BCUT2D eigenvalue weighted by Crippen LogP contribution is -2.51. The van der Waals surface area contributed by atoms with Crippen LogP contribution in [0.15, 0.2) is 11.6 Å². The van der Waals surface area contributed by atoms with E-state index in [-0.39, 0.29) is 12.1 Å². The molecule has 0 aliphatic heterocycles. The third-order valence-corrected chi connectivity index (χ3v) is 11.8. The van der Waals surface area contributed by atoms with Crippen molar-refractivity contribution >= 4 is 5.97 Å². The molecule has 0 aromatic carbocycles. The van der Waals surface area contributed by atoms with E-state index >= 15 is 0 Å². The molecule has 4 aliphatic carbocycles. The summed E-state index contributed by atoms with van der Waals surface area (Å²) < 4.78 is 5.99. The lowest BCUT2D eigenvalue weighted by atomic mass is 9.47. The molecular weight excluding hydrogens is 440 g/mol. The van der Waals surface area contributed by atoms with Gasteiger partial charge in [0, 0.05) is 12.8 Å². The maximum absolute atomic E-state index is 12.4. The topological polar surface area (TPSA) is 26.3 Å². The standard InChI is InChI=1S/C34H58O2/c1-7-8-9-10-14-32(35)36-27-19-21-33(5)26(23-27)15-16-28-30-18-17-29(25(4)13-11-12-24(2)3)34(30,6)22-20-31(28)33/h15,24-25,27-31H,7-14,16-23H2,1-6H3/t25-,27-,28+,29-,30+,31+,33-,34-/m0/s1. The van der Waals surface area contributed by atoms with Crippen molar-refractivity contribution in [3.63, 3.8) is 0 Å². The minimum absolute atomic E-state index is 0.0435. The summed E-state index contributed by atoms with van der Waals surface area (Å²) in [7, 11) is 0. The van der Waals surface area contributed by atoms with Gasteiger partial charge in [-0.15, -0.1) is 0 Å². The molecule has 0 N–H and O–H groups in total. The molecule has 206 valence electrons. The SMILES string of the molecule is CCCCCCC(=O)O[C@H]1CC[C@@]2(C)C(=CC[C@@H]3[C@H]4CC[C@@H]([C@@H](C)CCCC(C)C)[C@]4(C)CC[C@H]32)C1. The van der Waals surface area contributed by atoms with Crippen LogP contribution in [0.25, 0.3) is 0 Å². The highest BCUT2D eigenvalue weighted by molar-refractivity contribution is 5.69. The van der Waals surface area contributed by atoms with Crippen LogP contribution in [0, 0.1) is 46.3 Å². The van der Waals surface area contributed by atoms with Gasteiger partial charge in [-0.1, -0.05) is 91.7 Å². The Balaban J connectivity index is 1.36. The number of carbonyl (C=O) groups excluding carboxylic acids is 1. The summed E-state index contributed by atoms with van der Waals surface area (Å²) in [6, 6.07) is 0. The molecule has 36 heavy (non-hydrogen) atoms. The highest BCUT2D eigenvalue weighted by Crippen LogP contribution is 2.67. The molecule has 2 nitrogen and oxygen atoms in total. The second-order valence-corrected chi connectivity index (χ2v) is 14.5. The lowest BCUT2D eigenvalue weighted by molar-refractivity contribution is -0.151. The Labute approximate surface area is 223 Å². The average Bonchev–Trinajstić information content (AvgIpc) is 3.19. The Morgan fingerprint density at radius 2 is 1.78 bits per heavy atom. The summed E-state index contributed by atoms with van der Waals surface area (Å²) in [5.74, 6) is 5.34. The van der Waals surface area contributed by atoms with Crippen LogP contribution >= 0.6 is 0 Å². The van der Waals surface area contributed by atoms with Crippen molar-refractivity contribution in [1.82, 2.24) is 0 Å². The highest BCUT2D eigenvalue weighted by Gasteiger charge is 2.59. The number of fused-ring (bicyclic) bond motifs is 5. The molecule has 0 saturated heterocycles. The number of carbonyl (C=O) groups is 1. The van der Waals surface area contributed by atoms with Crippen molar-refractivity contribution in [3.8, 4) is 0 Å². The smallest absolute Gasteiger partial charge is 0.306 e. The van der Waals surface area contributed by atoms with Crippen LogP contribution in [0.2, 0.25) is 0 Å². The molecule has 0 heterocycles. The first-order valence-electron chi connectivity index (χ1n) is 16.1. The molecule has 8 atom stereocenters. The van der Waals surface area contributed by atoms with Crippen LogP contribution in [0.1, 0.15) is 144 Å². The van der Waals surface area contributed by atoms with E-state index < -0.39 is 0 Å². The van der Waals surface area contributed by atoms with Gasteiger partial charge in [-0.2, -0.15) is 0 Å². The molecule has 0 spiro atoms. The fourth-order valence-electron chi connectivity index (χ4n) is 9.69. The van der Waals surface area contributed by atoms with E-state index in [9.17, 15) is 4.79 Å². The van der Waals surface area contributed by atoms with Gasteiger partial charge in [-0.3, -0.25) is 4.79 Å². The third kappa shape index (κ3) is 5.78. The molecule has 3 saturated carbocycles.